The number of fused-ring (bicyclic) bond motifs is 1. The average Bonchev–Trinajstić information content (AvgIpc) is 3.23. The first-order valence-electron chi connectivity index (χ1n) is 8.37. The van der Waals surface area contributed by atoms with Crippen molar-refractivity contribution in [1.82, 2.24) is 14.5 Å². The lowest BCUT2D eigenvalue weighted by Crippen LogP contribution is -2.32. The molecule has 0 bridgehead atoms. The quantitative estimate of drug-likeness (QED) is 0.763. The Balaban J connectivity index is 1.72. The smallest absolute Gasteiger partial charge is 0.254 e. The van der Waals surface area contributed by atoms with Gasteiger partial charge in [-0.25, -0.2) is 13.8 Å². The van der Waals surface area contributed by atoms with Gasteiger partial charge in [-0.15, -0.1) is 0 Å². The molecular formula is C19H17F2N3O2. The number of nitrogens with zero attached hydrogens (tertiary/aromatic N) is 3. The summed E-state index contributed by atoms with van der Waals surface area (Å²) in [5.74, 6) is -3.09. The van der Waals surface area contributed by atoms with Crippen molar-refractivity contribution in [2.75, 3.05) is 6.54 Å². The second-order valence-corrected chi connectivity index (χ2v) is 6.46. The number of amides is 1. The topological polar surface area (TPSA) is 58.4 Å². The molecule has 2 heterocycles. The van der Waals surface area contributed by atoms with Gasteiger partial charge in [-0.3, -0.25) is 4.79 Å². The van der Waals surface area contributed by atoms with E-state index >= 15 is 0 Å². The number of hydrogen-bond donors (Lipinski definition) is 1. The van der Waals surface area contributed by atoms with Gasteiger partial charge in [-0.2, -0.15) is 0 Å². The van der Waals surface area contributed by atoms with Crippen LogP contribution in [0.3, 0.4) is 0 Å². The van der Waals surface area contributed by atoms with E-state index in [1.54, 1.807) is 4.90 Å². The van der Waals surface area contributed by atoms with Crippen molar-refractivity contribution in [3.8, 4) is 5.75 Å². The molecule has 2 aromatic carbocycles. The maximum atomic E-state index is 13.6. The van der Waals surface area contributed by atoms with E-state index in [0.717, 1.165) is 41.8 Å². The van der Waals surface area contributed by atoms with Crippen molar-refractivity contribution in [2.45, 2.75) is 18.9 Å². The first-order chi connectivity index (χ1) is 12.5. The van der Waals surface area contributed by atoms with Gasteiger partial charge in [0, 0.05) is 19.2 Å². The molecule has 0 aliphatic carbocycles. The summed E-state index contributed by atoms with van der Waals surface area (Å²) >= 11 is 0. The molecule has 0 radical (unpaired) electrons. The fraction of sp³-hybridized carbons (Fsp3) is 0.263. The highest BCUT2D eigenvalue weighted by atomic mass is 19.1. The molecule has 26 heavy (non-hydrogen) atoms. The number of para-hydroxylation sites is 2. The van der Waals surface area contributed by atoms with Gasteiger partial charge in [0.15, 0.2) is 17.4 Å². The number of hydrogen-bond acceptors (Lipinski definition) is 3. The molecule has 7 heteroatoms. The number of benzene rings is 2. The van der Waals surface area contributed by atoms with Gasteiger partial charge >= 0.3 is 0 Å². The summed E-state index contributed by atoms with van der Waals surface area (Å²) in [6.07, 6.45) is 1.51. The zero-order valence-electron chi connectivity index (χ0n) is 14.1. The van der Waals surface area contributed by atoms with Crippen LogP contribution in [-0.2, 0) is 7.05 Å². The third kappa shape index (κ3) is 2.51. The Morgan fingerprint density at radius 3 is 2.62 bits per heavy atom. The number of aromatic nitrogens is 2. The van der Waals surface area contributed by atoms with Crippen LogP contribution in [-0.4, -0.2) is 32.0 Å². The maximum Gasteiger partial charge on any atom is 0.254 e. The minimum Gasteiger partial charge on any atom is -0.503 e. The number of likely N-dealkylation sites (tertiary alicyclic amines) is 1. The molecule has 3 aromatic rings. The highest BCUT2D eigenvalue weighted by Crippen LogP contribution is 2.34. The lowest BCUT2D eigenvalue weighted by atomic mass is 10.1. The van der Waals surface area contributed by atoms with Crippen molar-refractivity contribution in [1.29, 1.82) is 0 Å². The second-order valence-electron chi connectivity index (χ2n) is 6.46. The Morgan fingerprint density at radius 1 is 1.23 bits per heavy atom. The molecule has 134 valence electrons. The van der Waals surface area contributed by atoms with E-state index < -0.39 is 23.3 Å². The number of imidazole rings is 1. The minimum absolute atomic E-state index is 0.122. The first kappa shape index (κ1) is 16.5. The number of phenols is 1. The molecular weight excluding hydrogens is 340 g/mol. The van der Waals surface area contributed by atoms with Crippen molar-refractivity contribution in [3.05, 3.63) is 59.4 Å². The van der Waals surface area contributed by atoms with E-state index in [1.807, 2.05) is 35.9 Å². The van der Waals surface area contributed by atoms with E-state index in [2.05, 4.69) is 4.98 Å². The van der Waals surface area contributed by atoms with Crippen molar-refractivity contribution >= 4 is 16.9 Å². The highest BCUT2D eigenvalue weighted by molar-refractivity contribution is 5.95. The molecule has 1 atom stereocenters. The van der Waals surface area contributed by atoms with Crippen molar-refractivity contribution in [3.63, 3.8) is 0 Å². The molecule has 1 aliphatic heterocycles. The van der Waals surface area contributed by atoms with Crippen molar-refractivity contribution in [2.24, 2.45) is 7.05 Å². The van der Waals surface area contributed by atoms with Crippen molar-refractivity contribution < 1.29 is 18.7 Å². The van der Waals surface area contributed by atoms with Gasteiger partial charge in [0.1, 0.15) is 5.82 Å². The molecule has 0 unspecified atom stereocenters. The molecule has 5 nitrogen and oxygen atoms in total. The van der Waals surface area contributed by atoms with E-state index in [-0.39, 0.29) is 11.6 Å². The maximum absolute atomic E-state index is 13.6. The van der Waals surface area contributed by atoms with Gasteiger partial charge in [0.05, 0.1) is 17.1 Å². The fourth-order valence-electron chi connectivity index (χ4n) is 3.60. The number of aryl methyl sites for hydroxylation is 1. The van der Waals surface area contributed by atoms with E-state index in [1.165, 1.54) is 0 Å². The third-order valence-corrected chi connectivity index (χ3v) is 4.90. The molecule has 1 fully saturated rings. The average molecular weight is 357 g/mol. The summed E-state index contributed by atoms with van der Waals surface area (Å²) in [7, 11) is 1.89. The molecule has 0 spiro atoms. The second kappa shape index (κ2) is 6.09. The molecule has 1 N–H and O–H groups in total. The number of carbonyl (C=O) groups is 1. The van der Waals surface area contributed by atoms with Crippen LogP contribution < -0.4 is 0 Å². The van der Waals surface area contributed by atoms with Crippen LogP contribution in [0.2, 0.25) is 0 Å². The third-order valence-electron chi connectivity index (χ3n) is 4.90. The summed E-state index contributed by atoms with van der Waals surface area (Å²) in [5.41, 5.74) is 1.68. The highest BCUT2D eigenvalue weighted by Gasteiger charge is 2.34. The summed E-state index contributed by atoms with van der Waals surface area (Å²) < 4.78 is 29.2. The first-order valence-corrected chi connectivity index (χ1v) is 8.37. The Bertz CT molecular complexity index is 992. The molecule has 4 rings (SSSR count). The minimum atomic E-state index is -1.15. The van der Waals surface area contributed by atoms with Gasteiger partial charge in [0.2, 0.25) is 0 Å². The summed E-state index contributed by atoms with van der Waals surface area (Å²) in [5, 5.41) is 9.24. The van der Waals surface area contributed by atoms with Crippen LogP contribution in [0.1, 0.15) is 35.1 Å². The number of halogens is 2. The number of rotatable bonds is 2. The van der Waals surface area contributed by atoms with E-state index in [4.69, 9.17) is 0 Å². The summed E-state index contributed by atoms with van der Waals surface area (Å²) in [4.78, 5) is 19.1. The van der Waals surface area contributed by atoms with E-state index in [9.17, 15) is 18.7 Å². The van der Waals surface area contributed by atoms with Crippen LogP contribution in [0.15, 0.2) is 36.4 Å². The predicted molar refractivity (Wildman–Crippen MR) is 91.7 cm³/mol. The van der Waals surface area contributed by atoms with Crippen LogP contribution in [0.5, 0.6) is 5.75 Å². The Morgan fingerprint density at radius 2 is 1.92 bits per heavy atom. The Kier molecular flexibility index (Phi) is 3.86. The van der Waals surface area contributed by atoms with Gasteiger partial charge in [-0.1, -0.05) is 12.1 Å². The molecule has 1 saturated heterocycles. The normalized spacial score (nSPS) is 17.2. The monoisotopic (exact) mass is 357 g/mol. The van der Waals surface area contributed by atoms with Gasteiger partial charge in [-0.05, 0) is 37.1 Å². The molecule has 1 amide bonds. The lowest BCUT2D eigenvalue weighted by Gasteiger charge is -2.24. The fourth-order valence-corrected chi connectivity index (χ4v) is 3.60. The summed E-state index contributed by atoms with van der Waals surface area (Å²) in [6.45, 7) is 0.483. The zero-order chi connectivity index (χ0) is 18.4. The van der Waals surface area contributed by atoms with Gasteiger partial charge in [0.25, 0.3) is 5.91 Å². The summed E-state index contributed by atoms with van der Waals surface area (Å²) in [6, 6.07) is 9.16. The Hall–Kier alpha value is -2.96. The molecule has 1 aromatic heterocycles. The van der Waals surface area contributed by atoms with Crippen LogP contribution in [0.25, 0.3) is 11.0 Å². The van der Waals surface area contributed by atoms with Crippen LogP contribution in [0, 0.1) is 11.6 Å². The SMILES string of the molecule is Cn1c([C@H]2CCCN2C(=O)c2cc(F)c(O)c(F)c2)nc2ccccc21. The zero-order valence-corrected chi connectivity index (χ0v) is 14.1. The Labute approximate surface area is 148 Å². The van der Waals surface area contributed by atoms with Gasteiger partial charge < -0.3 is 14.6 Å². The van der Waals surface area contributed by atoms with E-state index in [0.29, 0.717) is 6.54 Å². The lowest BCUT2D eigenvalue weighted by molar-refractivity contribution is 0.0727. The van der Waals surface area contributed by atoms with Crippen LogP contribution >= 0.6 is 0 Å². The number of phenolic OH excluding ortho intramolecular Hbond substituents is 1. The molecule has 0 saturated carbocycles. The van der Waals surface area contributed by atoms with Crippen LogP contribution in [0.4, 0.5) is 8.78 Å². The molecule has 1 aliphatic rings. The predicted octanol–water partition coefficient (Wildman–Crippen LogP) is 3.53. The largest absolute Gasteiger partial charge is 0.503 e. The standard InChI is InChI=1S/C19H17F2N3O2/c1-23-15-6-3-2-5-14(15)22-18(23)16-7-4-8-24(16)19(26)11-9-12(20)17(25)13(21)10-11/h2-3,5-6,9-10,16,25H,4,7-8H2,1H3/t16-/m1/s1. The number of carbonyl (C=O) groups excluding carboxylic acids is 1. The number of aromatic hydroxyl groups is 1.